The summed E-state index contributed by atoms with van der Waals surface area (Å²) in [6.45, 7) is 4.13. The van der Waals surface area contributed by atoms with Crippen LogP contribution in [-0.4, -0.2) is 5.11 Å². The van der Waals surface area contributed by atoms with Gasteiger partial charge in [0, 0.05) is 0 Å². The molecular formula is C16H17ClO2. The van der Waals surface area contributed by atoms with E-state index in [4.69, 9.17) is 16.3 Å². The third kappa shape index (κ3) is 3.49. The highest BCUT2D eigenvalue weighted by molar-refractivity contribution is 6.32. The van der Waals surface area contributed by atoms with Crippen LogP contribution in [0.2, 0.25) is 5.02 Å². The van der Waals surface area contributed by atoms with E-state index in [9.17, 15) is 5.11 Å². The zero-order valence-corrected chi connectivity index (χ0v) is 11.8. The predicted molar refractivity (Wildman–Crippen MR) is 77.6 cm³/mol. The number of aliphatic hydroxyl groups is 1. The van der Waals surface area contributed by atoms with E-state index in [0.717, 1.165) is 16.7 Å². The van der Waals surface area contributed by atoms with E-state index in [0.29, 0.717) is 17.4 Å². The maximum absolute atomic E-state index is 9.57. The molecule has 0 aliphatic rings. The second kappa shape index (κ2) is 6.09. The van der Waals surface area contributed by atoms with Crippen LogP contribution in [-0.2, 0) is 6.61 Å². The van der Waals surface area contributed by atoms with Crippen molar-refractivity contribution in [3.8, 4) is 5.75 Å². The topological polar surface area (TPSA) is 29.5 Å². The molecular weight excluding hydrogens is 260 g/mol. The van der Waals surface area contributed by atoms with Gasteiger partial charge in [0.1, 0.15) is 12.4 Å². The number of halogens is 1. The highest BCUT2D eigenvalue weighted by Crippen LogP contribution is 2.32. The summed E-state index contributed by atoms with van der Waals surface area (Å²) in [5.41, 5.74) is 2.83. The molecule has 2 aromatic rings. The van der Waals surface area contributed by atoms with Crippen molar-refractivity contribution in [2.24, 2.45) is 0 Å². The van der Waals surface area contributed by atoms with E-state index in [-0.39, 0.29) is 0 Å². The Kier molecular flexibility index (Phi) is 4.46. The molecule has 0 amide bonds. The summed E-state index contributed by atoms with van der Waals surface area (Å²) >= 11 is 6.21. The number of aryl methyl sites for hydroxylation is 1. The molecule has 0 saturated carbocycles. The number of hydrogen-bond acceptors (Lipinski definition) is 2. The van der Waals surface area contributed by atoms with Crippen molar-refractivity contribution in [3.05, 3.63) is 64.2 Å². The van der Waals surface area contributed by atoms with Gasteiger partial charge in [-0.25, -0.2) is 0 Å². The zero-order valence-electron chi connectivity index (χ0n) is 11.1. The molecule has 0 fully saturated rings. The molecule has 0 bridgehead atoms. The first-order valence-electron chi connectivity index (χ1n) is 6.22. The lowest BCUT2D eigenvalue weighted by atomic mass is 10.1. The number of hydrogen-bond donors (Lipinski definition) is 1. The van der Waals surface area contributed by atoms with Gasteiger partial charge in [-0.2, -0.15) is 0 Å². The molecule has 0 saturated heterocycles. The standard InChI is InChI=1S/C16H17ClO2/c1-11-8-14(12(2)18)9-15(17)16(11)19-10-13-6-4-3-5-7-13/h3-9,12,18H,10H2,1-2H3. The Morgan fingerprint density at radius 1 is 1.21 bits per heavy atom. The Morgan fingerprint density at radius 2 is 1.89 bits per heavy atom. The highest BCUT2D eigenvalue weighted by Gasteiger charge is 2.10. The van der Waals surface area contributed by atoms with Crippen LogP contribution in [0.5, 0.6) is 5.75 Å². The zero-order chi connectivity index (χ0) is 13.8. The normalized spacial score (nSPS) is 12.2. The molecule has 100 valence electrons. The monoisotopic (exact) mass is 276 g/mol. The van der Waals surface area contributed by atoms with Crippen LogP contribution < -0.4 is 4.74 Å². The lowest BCUT2D eigenvalue weighted by molar-refractivity contribution is 0.199. The Morgan fingerprint density at radius 3 is 2.47 bits per heavy atom. The molecule has 2 nitrogen and oxygen atoms in total. The molecule has 0 heterocycles. The average molecular weight is 277 g/mol. The van der Waals surface area contributed by atoms with Crippen molar-refractivity contribution in [1.29, 1.82) is 0 Å². The first-order chi connectivity index (χ1) is 9.08. The average Bonchev–Trinajstić information content (AvgIpc) is 2.38. The molecule has 0 aromatic heterocycles. The Labute approximate surface area is 118 Å². The quantitative estimate of drug-likeness (QED) is 0.903. The predicted octanol–water partition coefficient (Wildman–Crippen LogP) is 4.28. The van der Waals surface area contributed by atoms with Crippen LogP contribution in [0.3, 0.4) is 0 Å². The van der Waals surface area contributed by atoms with Crippen molar-refractivity contribution in [1.82, 2.24) is 0 Å². The van der Waals surface area contributed by atoms with Gasteiger partial charge in [-0.1, -0.05) is 41.9 Å². The molecule has 0 spiro atoms. The van der Waals surface area contributed by atoms with Crippen LogP contribution in [0.15, 0.2) is 42.5 Å². The molecule has 1 N–H and O–H groups in total. The minimum absolute atomic E-state index is 0.482. The third-order valence-corrected chi connectivity index (χ3v) is 3.24. The van der Waals surface area contributed by atoms with Crippen LogP contribution >= 0.6 is 11.6 Å². The summed E-state index contributed by atoms with van der Waals surface area (Å²) in [4.78, 5) is 0. The lowest BCUT2D eigenvalue weighted by Gasteiger charge is -2.14. The van der Waals surface area contributed by atoms with E-state index >= 15 is 0 Å². The third-order valence-electron chi connectivity index (χ3n) is 2.96. The fraction of sp³-hybridized carbons (Fsp3) is 0.250. The summed E-state index contributed by atoms with van der Waals surface area (Å²) in [5, 5.41) is 10.1. The maximum atomic E-state index is 9.57. The number of rotatable bonds is 4. The van der Waals surface area contributed by atoms with Crippen LogP contribution in [0, 0.1) is 6.92 Å². The first-order valence-corrected chi connectivity index (χ1v) is 6.60. The van der Waals surface area contributed by atoms with Gasteiger partial charge >= 0.3 is 0 Å². The van der Waals surface area contributed by atoms with Crippen molar-refractivity contribution >= 4 is 11.6 Å². The second-order valence-corrected chi connectivity index (χ2v) is 5.01. The lowest BCUT2D eigenvalue weighted by Crippen LogP contribution is -1.99. The summed E-state index contributed by atoms with van der Waals surface area (Å²) in [7, 11) is 0. The SMILES string of the molecule is Cc1cc(C(C)O)cc(Cl)c1OCc1ccccc1. The molecule has 2 rings (SSSR count). The van der Waals surface area contributed by atoms with Gasteiger partial charge < -0.3 is 9.84 Å². The number of benzene rings is 2. The van der Waals surface area contributed by atoms with Crippen LogP contribution in [0.4, 0.5) is 0 Å². The molecule has 2 aromatic carbocycles. The molecule has 19 heavy (non-hydrogen) atoms. The van der Waals surface area contributed by atoms with E-state index in [1.54, 1.807) is 13.0 Å². The van der Waals surface area contributed by atoms with Crippen LogP contribution in [0.1, 0.15) is 29.7 Å². The number of aliphatic hydroxyl groups excluding tert-OH is 1. The second-order valence-electron chi connectivity index (χ2n) is 4.60. The fourth-order valence-corrected chi connectivity index (χ4v) is 2.24. The van der Waals surface area contributed by atoms with Gasteiger partial charge in [0.25, 0.3) is 0 Å². The van der Waals surface area contributed by atoms with Gasteiger partial charge in [0.2, 0.25) is 0 Å². The summed E-state index contributed by atoms with van der Waals surface area (Å²) in [5.74, 6) is 0.676. The summed E-state index contributed by atoms with van der Waals surface area (Å²) in [6, 6.07) is 13.6. The highest BCUT2D eigenvalue weighted by atomic mass is 35.5. The molecule has 3 heteroatoms. The maximum Gasteiger partial charge on any atom is 0.141 e. The molecule has 0 aliphatic heterocycles. The minimum Gasteiger partial charge on any atom is -0.487 e. The Hall–Kier alpha value is -1.51. The Balaban J connectivity index is 2.17. The molecule has 0 aliphatic carbocycles. The van der Waals surface area contributed by atoms with Crippen molar-refractivity contribution < 1.29 is 9.84 Å². The van der Waals surface area contributed by atoms with Crippen molar-refractivity contribution in [2.75, 3.05) is 0 Å². The van der Waals surface area contributed by atoms with Crippen LogP contribution in [0.25, 0.3) is 0 Å². The molecule has 1 atom stereocenters. The van der Waals surface area contributed by atoms with E-state index in [1.165, 1.54) is 0 Å². The van der Waals surface area contributed by atoms with Gasteiger partial charge in [-0.3, -0.25) is 0 Å². The van der Waals surface area contributed by atoms with E-state index in [2.05, 4.69) is 0 Å². The largest absolute Gasteiger partial charge is 0.487 e. The minimum atomic E-state index is -0.528. The van der Waals surface area contributed by atoms with Gasteiger partial charge in [0.15, 0.2) is 0 Å². The summed E-state index contributed by atoms with van der Waals surface area (Å²) < 4.78 is 5.77. The number of ether oxygens (including phenoxy) is 1. The van der Waals surface area contributed by atoms with Gasteiger partial charge in [-0.05, 0) is 42.7 Å². The van der Waals surface area contributed by atoms with Gasteiger partial charge in [-0.15, -0.1) is 0 Å². The Bertz CT molecular complexity index is 527. The van der Waals surface area contributed by atoms with Crippen molar-refractivity contribution in [2.45, 2.75) is 26.6 Å². The fourth-order valence-electron chi connectivity index (χ4n) is 1.91. The van der Waals surface area contributed by atoms with Crippen molar-refractivity contribution in [3.63, 3.8) is 0 Å². The van der Waals surface area contributed by atoms with Gasteiger partial charge in [0.05, 0.1) is 11.1 Å². The molecule has 0 radical (unpaired) electrons. The first kappa shape index (κ1) is 13.9. The smallest absolute Gasteiger partial charge is 0.141 e. The molecule has 1 unspecified atom stereocenters. The summed E-state index contributed by atoms with van der Waals surface area (Å²) in [6.07, 6.45) is -0.528. The van der Waals surface area contributed by atoms with E-state index < -0.39 is 6.10 Å². The van der Waals surface area contributed by atoms with E-state index in [1.807, 2.05) is 43.3 Å².